The molecule has 0 aliphatic carbocycles. The summed E-state index contributed by atoms with van der Waals surface area (Å²) in [6.45, 7) is 8.90. The normalized spacial score (nSPS) is 19.5. The first-order valence-corrected chi connectivity index (χ1v) is 9.50. The highest BCUT2D eigenvalue weighted by atomic mass is 16.5. The number of nitrogens with two attached hydrogens (primary N) is 1. The number of hydrogen-bond donors (Lipinski definition) is 1. The fourth-order valence-corrected chi connectivity index (χ4v) is 3.51. The van der Waals surface area contributed by atoms with Crippen LogP contribution in [0, 0.1) is 12.3 Å². The maximum Gasteiger partial charge on any atom is 0.121 e. The molecule has 1 aromatic carbocycles. The van der Waals surface area contributed by atoms with Crippen LogP contribution in [0.2, 0.25) is 0 Å². The monoisotopic (exact) mass is 351 g/mol. The van der Waals surface area contributed by atoms with Crippen molar-refractivity contribution in [2.75, 3.05) is 37.7 Å². The lowest BCUT2D eigenvalue weighted by atomic mass is 10.1. The zero-order valence-electron chi connectivity index (χ0n) is 15.5. The van der Waals surface area contributed by atoms with Crippen molar-refractivity contribution in [3.05, 3.63) is 42.1 Å². The molecule has 138 valence electrons. The Morgan fingerprint density at radius 2 is 2.15 bits per heavy atom. The quantitative estimate of drug-likeness (QED) is 0.577. The van der Waals surface area contributed by atoms with Crippen LogP contribution in [0.5, 0.6) is 5.75 Å². The number of anilines is 1. The van der Waals surface area contributed by atoms with E-state index in [4.69, 9.17) is 16.9 Å². The Morgan fingerprint density at radius 3 is 2.92 bits per heavy atom. The first kappa shape index (κ1) is 18.6. The molecule has 2 N–H and O–H groups in total. The number of hydrogen-bond acceptors (Lipinski definition) is 4. The first-order valence-electron chi connectivity index (χ1n) is 9.50. The van der Waals surface area contributed by atoms with E-state index in [1.54, 1.807) is 0 Å². The molecule has 1 aromatic rings. The predicted octanol–water partition coefficient (Wildman–Crippen LogP) is 3.25. The van der Waals surface area contributed by atoms with Crippen LogP contribution in [0.4, 0.5) is 5.69 Å². The molecule has 0 amide bonds. The summed E-state index contributed by atoms with van der Waals surface area (Å²) in [6, 6.07) is 6.60. The molecule has 0 radical (unpaired) electrons. The summed E-state index contributed by atoms with van der Waals surface area (Å²) in [5.74, 6) is 3.57. The minimum Gasteiger partial charge on any atom is -0.494 e. The summed E-state index contributed by atoms with van der Waals surface area (Å²) in [4.78, 5) is 4.71. The van der Waals surface area contributed by atoms with Crippen LogP contribution in [0.3, 0.4) is 0 Å². The number of rotatable bonds is 8. The number of terminal acetylenes is 1. The minimum atomic E-state index is 0.321. The maximum atomic E-state index is 6.02. The fourth-order valence-electron chi connectivity index (χ4n) is 3.51. The predicted molar refractivity (Wildman–Crippen MR) is 109 cm³/mol. The molecule has 1 saturated heterocycles. The highest BCUT2D eigenvalue weighted by Crippen LogP contribution is 2.33. The lowest BCUT2D eigenvalue weighted by Crippen LogP contribution is -2.35. The van der Waals surface area contributed by atoms with Crippen LogP contribution in [0.15, 0.2) is 36.6 Å². The van der Waals surface area contributed by atoms with Gasteiger partial charge in [0.15, 0.2) is 0 Å². The average molecular weight is 351 g/mol. The molecule has 0 aromatic heterocycles. The van der Waals surface area contributed by atoms with E-state index < -0.39 is 0 Å². The third-order valence-corrected chi connectivity index (χ3v) is 5.03. The Kier molecular flexibility index (Phi) is 6.38. The summed E-state index contributed by atoms with van der Waals surface area (Å²) in [5, 5.41) is 0. The van der Waals surface area contributed by atoms with Gasteiger partial charge in [0.25, 0.3) is 0 Å². The molecule has 1 fully saturated rings. The summed E-state index contributed by atoms with van der Waals surface area (Å²) in [5.41, 5.74) is 9.42. The summed E-state index contributed by atoms with van der Waals surface area (Å²) in [7, 11) is 0. The van der Waals surface area contributed by atoms with Gasteiger partial charge in [-0.25, -0.2) is 0 Å². The van der Waals surface area contributed by atoms with Crippen LogP contribution in [-0.4, -0.2) is 43.7 Å². The van der Waals surface area contributed by atoms with E-state index in [0.29, 0.717) is 12.6 Å². The van der Waals surface area contributed by atoms with E-state index in [2.05, 4.69) is 46.6 Å². The highest BCUT2D eigenvalue weighted by Gasteiger charge is 2.22. The molecular formula is C22H29N3O. The SMILES string of the molecule is C#CCCCCOc1ccc2c(c1)N(CCN1CCC(N)C1)C(=C)C=C2. The van der Waals surface area contributed by atoms with Gasteiger partial charge in [-0.15, -0.1) is 12.3 Å². The van der Waals surface area contributed by atoms with E-state index in [-0.39, 0.29) is 0 Å². The van der Waals surface area contributed by atoms with Crippen LogP contribution in [-0.2, 0) is 0 Å². The van der Waals surface area contributed by atoms with Gasteiger partial charge in [-0.3, -0.25) is 4.90 Å². The van der Waals surface area contributed by atoms with Gasteiger partial charge in [0.1, 0.15) is 5.75 Å². The van der Waals surface area contributed by atoms with Gasteiger partial charge in [0.2, 0.25) is 0 Å². The molecule has 4 nitrogen and oxygen atoms in total. The maximum absolute atomic E-state index is 6.02. The number of likely N-dealkylation sites (tertiary alicyclic amines) is 1. The van der Waals surface area contributed by atoms with E-state index in [1.165, 1.54) is 11.3 Å². The van der Waals surface area contributed by atoms with Crippen molar-refractivity contribution in [3.63, 3.8) is 0 Å². The zero-order chi connectivity index (χ0) is 18.4. The topological polar surface area (TPSA) is 41.7 Å². The van der Waals surface area contributed by atoms with Gasteiger partial charge in [-0.2, -0.15) is 0 Å². The summed E-state index contributed by atoms with van der Waals surface area (Å²) >= 11 is 0. The Labute approximate surface area is 157 Å². The van der Waals surface area contributed by atoms with Gasteiger partial charge in [-0.05, 0) is 49.6 Å². The molecule has 1 unspecified atom stereocenters. The number of fused-ring (bicyclic) bond motifs is 1. The van der Waals surface area contributed by atoms with Crippen molar-refractivity contribution in [3.8, 4) is 18.1 Å². The standard InChI is InChI=1S/C22H29N3O/c1-3-4-5-6-15-26-21-10-9-19-8-7-18(2)25(22(19)16-21)14-13-24-12-11-20(23)17-24/h1,7-10,16,20H,2,4-6,11-15,17,23H2. The van der Waals surface area contributed by atoms with Crippen molar-refractivity contribution in [1.29, 1.82) is 0 Å². The van der Waals surface area contributed by atoms with Crippen LogP contribution >= 0.6 is 0 Å². The summed E-state index contributed by atoms with van der Waals surface area (Å²) < 4.78 is 5.92. The van der Waals surface area contributed by atoms with Crippen molar-refractivity contribution in [1.82, 2.24) is 4.90 Å². The molecule has 3 rings (SSSR count). The molecule has 2 aliphatic rings. The third-order valence-electron chi connectivity index (χ3n) is 5.03. The van der Waals surface area contributed by atoms with Crippen LogP contribution in [0.25, 0.3) is 6.08 Å². The largest absolute Gasteiger partial charge is 0.494 e. The van der Waals surface area contributed by atoms with Gasteiger partial charge in [0.05, 0.1) is 12.3 Å². The third kappa shape index (κ3) is 4.69. The number of ether oxygens (including phenoxy) is 1. The number of nitrogens with zero attached hydrogens (tertiary/aromatic N) is 2. The molecule has 1 atom stereocenters. The van der Waals surface area contributed by atoms with Gasteiger partial charge in [-0.1, -0.05) is 12.7 Å². The molecule has 0 spiro atoms. The molecule has 2 heterocycles. The Hall–Kier alpha value is -2.22. The Balaban J connectivity index is 1.62. The number of benzene rings is 1. The van der Waals surface area contributed by atoms with Gasteiger partial charge < -0.3 is 15.4 Å². The Bertz CT molecular complexity index is 704. The number of allylic oxidation sites excluding steroid dienone is 1. The van der Waals surface area contributed by atoms with Crippen molar-refractivity contribution >= 4 is 11.8 Å². The zero-order valence-corrected chi connectivity index (χ0v) is 15.5. The lowest BCUT2D eigenvalue weighted by Gasteiger charge is -2.31. The lowest BCUT2D eigenvalue weighted by molar-refractivity contribution is 0.307. The molecule has 26 heavy (non-hydrogen) atoms. The van der Waals surface area contributed by atoms with Crippen LogP contribution < -0.4 is 15.4 Å². The van der Waals surface area contributed by atoms with Gasteiger partial charge in [0, 0.05) is 43.9 Å². The average Bonchev–Trinajstić information content (AvgIpc) is 3.06. The second-order valence-electron chi connectivity index (χ2n) is 7.06. The van der Waals surface area contributed by atoms with Crippen molar-refractivity contribution in [2.24, 2.45) is 5.73 Å². The van der Waals surface area contributed by atoms with E-state index in [9.17, 15) is 0 Å². The molecule has 4 heteroatoms. The second kappa shape index (κ2) is 8.93. The molecule has 0 saturated carbocycles. The fraction of sp³-hybridized carbons (Fsp3) is 0.455. The molecular weight excluding hydrogens is 322 g/mol. The van der Waals surface area contributed by atoms with Gasteiger partial charge >= 0.3 is 0 Å². The smallest absolute Gasteiger partial charge is 0.121 e. The first-order chi connectivity index (χ1) is 12.7. The summed E-state index contributed by atoms with van der Waals surface area (Å²) in [6.07, 6.45) is 13.4. The van der Waals surface area contributed by atoms with E-state index in [0.717, 1.165) is 63.3 Å². The van der Waals surface area contributed by atoms with E-state index >= 15 is 0 Å². The molecule has 0 bridgehead atoms. The molecule has 2 aliphatic heterocycles. The second-order valence-corrected chi connectivity index (χ2v) is 7.06. The minimum absolute atomic E-state index is 0.321. The van der Waals surface area contributed by atoms with Crippen LogP contribution in [0.1, 0.15) is 31.2 Å². The van der Waals surface area contributed by atoms with Crippen molar-refractivity contribution < 1.29 is 4.74 Å². The van der Waals surface area contributed by atoms with Crippen molar-refractivity contribution in [2.45, 2.75) is 31.7 Å². The Morgan fingerprint density at radius 1 is 1.27 bits per heavy atom. The number of unbranched alkanes of at least 4 members (excludes halogenated alkanes) is 2. The van der Waals surface area contributed by atoms with E-state index in [1.807, 2.05) is 6.07 Å². The highest BCUT2D eigenvalue weighted by molar-refractivity contribution is 5.77.